The number of allylic oxidation sites excluding steroid dienone is 1. The van der Waals surface area contributed by atoms with Crippen molar-refractivity contribution >= 4 is 11.6 Å². The van der Waals surface area contributed by atoms with Crippen LogP contribution in [-0.4, -0.2) is 36.1 Å². The number of piperazine rings is 1. The Hall–Kier alpha value is -2.97. The Balaban J connectivity index is 1.85. The zero-order chi connectivity index (χ0) is 17.2. The van der Waals surface area contributed by atoms with Crippen molar-refractivity contribution in [2.45, 2.75) is 6.04 Å². The lowest BCUT2D eigenvalue weighted by atomic mass is 9.91. The van der Waals surface area contributed by atoms with Crippen LogP contribution in [0.1, 0.15) is 28.3 Å². The maximum absolute atomic E-state index is 10.8. The van der Waals surface area contributed by atoms with Crippen LogP contribution < -0.4 is 0 Å². The van der Waals surface area contributed by atoms with Crippen LogP contribution >= 0.6 is 0 Å². The van der Waals surface area contributed by atoms with E-state index in [1.165, 1.54) is 5.56 Å². The molecule has 5 nitrogen and oxygen atoms in total. The number of hydrogen-bond acceptors (Lipinski definition) is 4. The van der Waals surface area contributed by atoms with Gasteiger partial charge < -0.3 is 0 Å². The molecule has 25 heavy (non-hydrogen) atoms. The summed E-state index contributed by atoms with van der Waals surface area (Å²) in [6, 6.07) is 18.8. The van der Waals surface area contributed by atoms with Crippen LogP contribution in [0, 0.1) is 16.2 Å². The molecule has 0 N–H and O–H groups in total. The number of nitriles is 1. The lowest BCUT2D eigenvalue weighted by Gasteiger charge is -2.38. The quantitative estimate of drug-likeness (QED) is 0.791. The Morgan fingerprint density at radius 1 is 0.960 bits per heavy atom. The van der Waals surface area contributed by atoms with E-state index in [1.807, 2.05) is 36.4 Å². The Kier molecular flexibility index (Phi) is 4.04. The van der Waals surface area contributed by atoms with Gasteiger partial charge in [0.15, 0.2) is 0 Å². The summed E-state index contributed by atoms with van der Waals surface area (Å²) in [5, 5.41) is 14.3. The van der Waals surface area contributed by atoms with E-state index in [1.54, 1.807) is 5.01 Å². The number of rotatable bonds is 2. The van der Waals surface area contributed by atoms with Gasteiger partial charge in [0.05, 0.1) is 36.1 Å². The van der Waals surface area contributed by atoms with Crippen molar-refractivity contribution in [1.82, 2.24) is 9.91 Å². The van der Waals surface area contributed by atoms with Crippen molar-refractivity contribution in [2.75, 3.05) is 26.2 Å². The van der Waals surface area contributed by atoms with E-state index < -0.39 is 0 Å². The maximum Gasteiger partial charge on any atom is 0.0998 e. The fourth-order valence-electron chi connectivity index (χ4n) is 3.81. The zero-order valence-electron chi connectivity index (χ0n) is 13.8. The largest absolute Gasteiger partial charge is 0.289 e. The molecule has 1 saturated heterocycles. The van der Waals surface area contributed by atoms with Gasteiger partial charge in [-0.05, 0) is 28.3 Å². The highest BCUT2D eigenvalue weighted by Crippen LogP contribution is 2.39. The van der Waals surface area contributed by atoms with Crippen LogP contribution in [0.25, 0.3) is 11.6 Å². The second kappa shape index (κ2) is 6.50. The fourth-order valence-corrected chi connectivity index (χ4v) is 3.81. The van der Waals surface area contributed by atoms with Gasteiger partial charge in [0, 0.05) is 13.1 Å². The molecule has 5 heteroatoms. The van der Waals surface area contributed by atoms with Crippen LogP contribution in [0.5, 0.6) is 0 Å². The van der Waals surface area contributed by atoms with Crippen molar-refractivity contribution in [1.29, 1.82) is 5.26 Å². The fraction of sp³-hybridized carbons (Fsp3) is 0.250. The first kappa shape index (κ1) is 15.6. The third-order valence-corrected chi connectivity index (χ3v) is 5.03. The first-order valence-electron chi connectivity index (χ1n) is 8.44. The second-order valence-electron chi connectivity index (χ2n) is 6.36. The second-order valence-corrected chi connectivity index (χ2v) is 6.36. The van der Waals surface area contributed by atoms with Gasteiger partial charge in [0.1, 0.15) is 0 Å². The third kappa shape index (κ3) is 2.71. The lowest BCUT2D eigenvalue weighted by Crippen LogP contribution is -2.45. The summed E-state index contributed by atoms with van der Waals surface area (Å²) in [6.45, 7) is 2.79. The number of benzene rings is 2. The Bertz CT molecular complexity index is 875. The number of nitrogens with zero attached hydrogens (tertiary/aromatic N) is 4. The van der Waals surface area contributed by atoms with E-state index >= 15 is 0 Å². The topological polar surface area (TPSA) is 59.7 Å². The molecule has 0 saturated carbocycles. The van der Waals surface area contributed by atoms with Gasteiger partial charge in [-0.1, -0.05) is 48.5 Å². The van der Waals surface area contributed by atoms with Gasteiger partial charge >= 0.3 is 0 Å². The molecule has 1 fully saturated rings. The molecule has 0 aromatic heterocycles. The lowest BCUT2D eigenvalue weighted by molar-refractivity contribution is 0.111. The maximum atomic E-state index is 10.8. The van der Waals surface area contributed by atoms with Crippen molar-refractivity contribution < 1.29 is 0 Å². The summed E-state index contributed by atoms with van der Waals surface area (Å²) in [4.78, 5) is 13.2. The molecule has 1 aliphatic heterocycles. The highest BCUT2D eigenvalue weighted by molar-refractivity contribution is 5.93. The number of nitroso groups, excluding NO2 is 1. The molecule has 0 amide bonds. The monoisotopic (exact) mass is 330 g/mol. The molecule has 0 unspecified atom stereocenters. The average Bonchev–Trinajstić information content (AvgIpc) is 2.82. The van der Waals surface area contributed by atoms with Crippen molar-refractivity contribution in [3.63, 3.8) is 0 Å². The van der Waals surface area contributed by atoms with Crippen molar-refractivity contribution in [2.24, 2.45) is 5.29 Å². The third-order valence-electron chi connectivity index (χ3n) is 5.03. The predicted molar refractivity (Wildman–Crippen MR) is 97.2 cm³/mol. The van der Waals surface area contributed by atoms with E-state index in [9.17, 15) is 10.2 Å². The van der Waals surface area contributed by atoms with Gasteiger partial charge in [-0.2, -0.15) is 5.26 Å². The van der Waals surface area contributed by atoms with Gasteiger partial charge in [0.25, 0.3) is 0 Å². The molecule has 124 valence electrons. The van der Waals surface area contributed by atoms with Crippen LogP contribution in [0.15, 0.2) is 53.8 Å². The van der Waals surface area contributed by atoms with E-state index in [-0.39, 0.29) is 6.04 Å². The smallest absolute Gasteiger partial charge is 0.0998 e. The molecule has 2 aromatic carbocycles. The van der Waals surface area contributed by atoms with Crippen LogP contribution in [0.3, 0.4) is 0 Å². The molecule has 0 bridgehead atoms. The summed E-state index contributed by atoms with van der Waals surface area (Å²) in [6.07, 6.45) is 1.98. The Labute approximate surface area is 146 Å². The summed E-state index contributed by atoms with van der Waals surface area (Å²) < 4.78 is 0. The number of hydrogen-bond donors (Lipinski definition) is 0. The van der Waals surface area contributed by atoms with Crippen LogP contribution in [-0.2, 0) is 0 Å². The van der Waals surface area contributed by atoms with E-state index in [2.05, 4.69) is 34.5 Å². The molecule has 2 aromatic rings. The van der Waals surface area contributed by atoms with E-state index in [0.717, 1.165) is 29.8 Å². The van der Waals surface area contributed by atoms with Gasteiger partial charge in [-0.25, -0.2) is 0 Å². The molecule has 1 aliphatic carbocycles. The summed E-state index contributed by atoms with van der Waals surface area (Å²) in [5.41, 5.74) is 5.11. The highest BCUT2D eigenvalue weighted by atomic mass is 16.3. The molecule has 0 radical (unpaired) electrons. The SMILES string of the molecule is N#CC1=Cc2ccccc2[C@H](N2CCN(N=O)CC2)c2ccccc21. The minimum atomic E-state index is 0.0725. The van der Waals surface area contributed by atoms with Gasteiger partial charge in [-0.15, -0.1) is 4.91 Å². The van der Waals surface area contributed by atoms with Crippen molar-refractivity contribution in [3.8, 4) is 6.07 Å². The molecular formula is C20H18N4O. The van der Waals surface area contributed by atoms with Gasteiger partial charge in [0.2, 0.25) is 0 Å². The van der Waals surface area contributed by atoms with Crippen LogP contribution in [0.2, 0.25) is 0 Å². The normalized spacial score (nSPS) is 19.9. The van der Waals surface area contributed by atoms with E-state index in [4.69, 9.17) is 0 Å². The molecule has 0 spiro atoms. The molecular weight excluding hydrogens is 312 g/mol. The average molecular weight is 330 g/mol. The summed E-state index contributed by atoms with van der Waals surface area (Å²) >= 11 is 0. The molecule has 1 heterocycles. The minimum absolute atomic E-state index is 0.0725. The molecule has 4 rings (SSSR count). The zero-order valence-corrected chi connectivity index (χ0v) is 13.8. The first-order chi connectivity index (χ1) is 12.3. The van der Waals surface area contributed by atoms with Crippen molar-refractivity contribution in [3.05, 3.63) is 75.7 Å². The standard InChI is InChI=1S/C20H18N4O/c21-14-16-13-15-5-1-2-7-18(15)20(19-8-4-3-6-17(16)19)23-9-11-24(22-25)12-10-23/h1-8,13,20H,9-12H2/t20-/m0/s1. The summed E-state index contributed by atoms with van der Waals surface area (Å²) in [7, 11) is 0. The molecule has 1 atom stereocenters. The van der Waals surface area contributed by atoms with Gasteiger partial charge in [-0.3, -0.25) is 9.91 Å². The Morgan fingerprint density at radius 3 is 2.36 bits per heavy atom. The highest BCUT2D eigenvalue weighted by Gasteiger charge is 2.31. The Morgan fingerprint density at radius 2 is 1.64 bits per heavy atom. The summed E-state index contributed by atoms with van der Waals surface area (Å²) in [5.74, 6) is 0. The number of fused-ring (bicyclic) bond motifs is 2. The molecule has 2 aliphatic rings. The minimum Gasteiger partial charge on any atom is -0.289 e. The predicted octanol–water partition coefficient (Wildman–Crippen LogP) is 3.45. The van der Waals surface area contributed by atoms with Crippen LogP contribution in [0.4, 0.5) is 0 Å². The first-order valence-corrected chi connectivity index (χ1v) is 8.44. The van der Waals surface area contributed by atoms with E-state index in [0.29, 0.717) is 18.7 Å².